The smallest absolute Gasteiger partial charge is 0.266 e. The Morgan fingerprint density at radius 2 is 1.87 bits per heavy atom. The van der Waals surface area contributed by atoms with Gasteiger partial charge in [0.05, 0.1) is 22.8 Å². The Kier molecular flexibility index (Phi) is 4.21. The van der Waals surface area contributed by atoms with E-state index in [-0.39, 0.29) is 21.0 Å². The van der Waals surface area contributed by atoms with Crippen LogP contribution < -0.4 is 9.04 Å². The van der Waals surface area contributed by atoms with Crippen molar-refractivity contribution in [3.63, 3.8) is 0 Å². The molecular weight excluding hydrogens is 357 g/mol. The highest BCUT2D eigenvalue weighted by Crippen LogP contribution is 2.40. The van der Waals surface area contributed by atoms with Crippen LogP contribution in [0.5, 0.6) is 5.75 Å². The van der Waals surface area contributed by atoms with Crippen LogP contribution in [0.4, 0.5) is 5.69 Å². The fraction of sp³-hybridized carbons (Fsp3) is 0.250. The lowest BCUT2D eigenvalue weighted by Crippen LogP contribution is -2.35. The third-order valence-electron chi connectivity index (χ3n) is 3.89. The average Bonchev–Trinajstić information content (AvgIpc) is 2.85. The van der Waals surface area contributed by atoms with Gasteiger partial charge in [0.15, 0.2) is 0 Å². The van der Waals surface area contributed by atoms with Crippen LogP contribution in [0.2, 0.25) is 10.0 Å². The lowest BCUT2D eigenvalue weighted by Gasteiger charge is -2.25. The summed E-state index contributed by atoms with van der Waals surface area (Å²) < 4.78 is 32.7. The summed E-state index contributed by atoms with van der Waals surface area (Å²) in [6.07, 6.45) is 0.664. The molecule has 0 spiro atoms. The van der Waals surface area contributed by atoms with Crippen molar-refractivity contribution >= 4 is 38.9 Å². The summed E-state index contributed by atoms with van der Waals surface area (Å²) >= 11 is 12.3. The third kappa shape index (κ3) is 2.67. The fourth-order valence-corrected chi connectivity index (χ4v) is 5.39. The summed E-state index contributed by atoms with van der Waals surface area (Å²) in [4.78, 5) is -0.0199. The molecular formula is C16H15Cl2NO3S. The summed E-state index contributed by atoms with van der Waals surface area (Å²) in [5, 5.41) is 0.290. The van der Waals surface area contributed by atoms with Crippen LogP contribution in [0, 0.1) is 0 Å². The first kappa shape index (κ1) is 16.4. The standard InChI is InChI=1S/C16H15Cl2NO3S/c1-10-7-11-5-3-4-6-14(11)19(10)23(20,21)16-9-12(17)15(22-2)8-13(16)18/h3-6,8-10H,7H2,1-2H3/t10-/m1/s1. The maximum absolute atomic E-state index is 13.1. The van der Waals surface area contributed by atoms with Gasteiger partial charge in [-0.3, -0.25) is 4.31 Å². The van der Waals surface area contributed by atoms with E-state index in [4.69, 9.17) is 27.9 Å². The highest BCUT2D eigenvalue weighted by Gasteiger charge is 2.37. The van der Waals surface area contributed by atoms with Gasteiger partial charge >= 0.3 is 0 Å². The SMILES string of the molecule is COc1cc(Cl)c(S(=O)(=O)N2c3ccccc3C[C@H]2C)cc1Cl. The monoisotopic (exact) mass is 371 g/mol. The fourth-order valence-electron chi connectivity index (χ4n) is 2.87. The summed E-state index contributed by atoms with van der Waals surface area (Å²) in [5.41, 5.74) is 1.68. The summed E-state index contributed by atoms with van der Waals surface area (Å²) in [7, 11) is -2.37. The molecule has 0 N–H and O–H groups in total. The minimum atomic E-state index is -3.82. The molecule has 0 unspecified atom stereocenters. The minimum absolute atomic E-state index is 0.0199. The zero-order valence-electron chi connectivity index (χ0n) is 12.6. The number of fused-ring (bicyclic) bond motifs is 1. The van der Waals surface area contributed by atoms with Gasteiger partial charge in [-0.15, -0.1) is 0 Å². The van der Waals surface area contributed by atoms with E-state index in [1.54, 1.807) is 6.07 Å². The van der Waals surface area contributed by atoms with Crippen molar-refractivity contribution in [3.05, 3.63) is 52.0 Å². The molecule has 1 atom stereocenters. The van der Waals surface area contributed by atoms with Crippen LogP contribution in [0.1, 0.15) is 12.5 Å². The normalized spacial score (nSPS) is 17.2. The molecule has 0 radical (unpaired) electrons. The Morgan fingerprint density at radius 3 is 2.57 bits per heavy atom. The van der Waals surface area contributed by atoms with Crippen molar-refractivity contribution in [2.45, 2.75) is 24.3 Å². The van der Waals surface area contributed by atoms with E-state index in [1.807, 2.05) is 25.1 Å². The highest BCUT2D eigenvalue weighted by atomic mass is 35.5. The molecule has 0 fully saturated rings. The van der Waals surface area contributed by atoms with Gasteiger partial charge in [0.1, 0.15) is 10.6 Å². The first-order chi connectivity index (χ1) is 10.9. The second kappa shape index (κ2) is 5.89. The molecule has 0 amide bonds. The average molecular weight is 372 g/mol. The molecule has 23 heavy (non-hydrogen) atoms. The molecule has 3 rings (SSSR count). The van der Waals surface area contributed by atoms with Crippen LogP contribution in [0.3, 0.4) is 0 Å². The molecule has 0 saturated carbocycles. The lowest BCUT2D eigenvalue weighted by atomic mass is 10.1. The van der Waals surface area contributed by atoms with Crippen LogP contribution >= 0.6 is 23.2 Å². The Morgan fingerprint density at radius 1 is 1.17 bits per heavy atom. The first-order valence-corrected chi connectivity index (χ1v) is 9.21. The van der Waals surface area contributed by atoms with Crippen molar-refractivity contribution in [2.75, 3.05) is 11.4 Å². The molecule has 0 saturated heterocycles. The Labute approximate surface area is 145 Å². The van der Waals surface area contributed by atoms with E-state index in [9.17, 15) is 8.42 Å². The van der Waals surface area contributed by atoms with Crippen molar-refractivity contribution in [3.8, 4) is 5.75 Å². The quantitative estimate of drug-likeness (QED) is 0.814. The molecule has 1 heterocycles. The van der Waals surface area contributed by atoms with Crippen LogP contribution in [0.25, 0.3) is 0 Å². The maximum Gasteiger partial charge on any atom is 0.266 e. The number of hydrogen-bond donors (Lipinski definition) is 0. The van der Waals surface area contributed by atoms with Crippen molar-refractivity contribution in [2.24, 2.45) is 0 Å². The largest absolute Gasteiger partial charge is 0.495 e. The van der Waals surface area contributed by atoms with Gasteiger partial charge in [0.25, 0.3) is 10.0 Å². The minimum Gasteiger partial charge on any atom is -0.495 e. The van der Waals surface area contributed by atoms with Gasteiger partial charge in [-0.05, 0) is 31.0 Å². The molecule has 2 aromatic rings. The maximum atomic E-state index is 13.1. The number of anilines is 1. The number of ether oxygens (including phenoxy) is 1. The number of para-hydroxylation sites is 1. The molecule has 2 aromatic carbocycles. The summed E-state index contributed by atoms with van der Waals surface area (Å²) in [5.74, 6) is 0.338. The Balaban J connectivity index is 2.15. The van der Waals surface area contributed by atoms with Gasteiger partial charge in [-0.1, -0.05) is 41.4 Å². The van der Waals surface area contributed by atoms with Gasteiger partial charge in [0.2, 0.25) is 0 Å². The molecule has 0 aromatic heterocycles. The van der Waals surface area contributed by atoms with E-state index in [2.05, 4.69) is 0 Å². The number of hydrogen-bond acceptors (Lipinski definition) is 3. The van der Waals surface area contributed by atoms with E-state index >= 15 is 0 Å². The number of halogens is 2. The second-order valence-electron chi connectivity index (χ2n) is 5.40. The van der Waals surface area contributed by atoms with Gasteiger partial charge < -0.3 is 4.74 Å². The van der Waals surface area contributed by atoms with Gasteiger partial charge in [0, 0.05) is 12.1 Å². The van der Waals surface area contributed by atoms with E-state index in [0.29, 0.717) is 17.9 Å². The van der Waals surface area contributed by atoms with Crippen LogP contribution in [0.15, 0.2) is 41.3 Å². The van der Waals surface area contributed by atoms with Crippen molar-refractivity contribution in [1.82, 2.24) is 0 Å². The zero-order chi connectivity index (χ0) is 16.8. The zero-order valence-corrected chi connectivity index (χ0v) is 14.9. The molecule has 0 bridgehead atoms. The number of nitrogens with zero attached hydrogens (tertiary/aromatic N) is 1. The third-order valence-corrected chi connectivity index (χ3v) is 6.58. The van der Waals surface area contributed by atoms with Crippen molar-refractivity contribution < 1.29 is 13.2 Å². The molecule has 4 nitrogen and oxygen atoms in total. The number of methoxy groups -OCH3 is 1. The number of sulfonamides is 1. The Hall–Kier alpha value is -1.43. The lowest BCUT2D eigenvalue weighted by molar-refractivity contribution is 0.414. The molecule has 7 heteroatoms. The van der Waals surface area contributed by atoms with E-state index < -0.39 is 10.0 Å². The molecule has 122 valence electrons. The van der Waals surface area contributed by atoms with E-state index in [1.165, 1.54) is 23.5 Å². The second-order valence-corrected chi connectivity index (χ2v) is 8.00. The summed E-state index contributed by atoms with van der Waals surface area (Å²) in [6.45, 7) is 1.87. The van der Waals surface area contributed by atoms with Crippen LogP contribution in [-0.4, -0.2) is 21.6 Å². The Bertz CT molecular complexity index is 868. The predicted octanol–water partition coefficient (Wildman–Crippen LogP) is 4.14. The molecule has 1 aliphatic heterocycles. The first-order valence-electron chi connectivity index (χ1n) is 7.01. The van der Waals surface area contributed by atoms with Crippen LogP contribution in [-0.2, 0) is 16.4 Å². The van der Waals surface area contributed by atoms with Gasteiger partial charge in [-0.2, -0.15) is 0 Å². The molecule has 0 aliphatic carbocycles. The number of benzene rings is 2. The number of rotatable bonds is 3. The molecule has 1 aliphatic rings. The van der Waals surface area contributed by atoms with Crippen molar-refractivity contribution in [1.29, 1.82) is 0 Å². The summed E-state index contributed by atoms with van der Waals surface area (Å²) in [6, 6.07) is 10.0. The predicted molar refractivity (Wildman–Crippen MR) is 92.3 cm³/mol. The topological polar surface area (TPSA) is 46.6 Å². The highest BCUT2D eigenvalue weighted by molar-refractivity contribution is 7.93. The van der Waals surface area contributed by atoms with E-state index in [0.717, 1.165) is 5.56 Å². The van der Waals surface area contributed by atoms with Gasteiger partial charge in [-0.25, -0.2) is 8.42 Å².